The third-order valence-electron chi connectivity index (χ3n) is 3.89. The highest BCUT2D eigenvalue weighted by molar-refractivity contribution is 5.75. The number of hydrogen-bond donors (Lipinski definition) is 2. The van der Waals surface area contributed by atoms with Gasteiger partial charge in [-0.15, -0.1) is 0 Å². The lowest BCUT2D eigenvalue weighted by molar-refractivity contribution is -0.143. The first kappa shape index (κ1) is 15.8. The number of hydrogen-bond acceptors (Lipinski definition) is 4. The molecule has 1 aliphatic rings. The van der Waals surface area contributed by atoms with Crippen LogP contribution >= 0.6 is 0 Å². The van der Waals surface area contributed by atoms with E-state index in [0.29, 0.717) is 12.5 Å². The summed E-state index contributed by atoms with van der Waals surface area (Å²) in [7, 11) is 1.45. The highest BCUT2D eigenvalue weighted by atomic mass is 16.5. The van der Waals surface area contributed by atoms with Crippen molar-refractivity contribution < 1.29 is 9.53 Å². The molecule has 0 fully saturated rings. The minimum Gasteiger partial charge on any atom is -0.468 e. The van der Waals surface area contributed by atoms with Gasteiger partial charge in [0.25, 0.3) is 0 Å². The van der Waals surface area contributed by atoms with Gasteiger partial charge in [0, 0.05) is 18.8 Å². The van der Waals surface area contributed by atoms with E-state index in [2.05, 4.69) is 42.7 Å². The third-order valence-corrected chi connectivity index (χ3v) is 3.89. The predicted octanol–water partition coefficient (Wildman–Crippen LogP) is 2.72. The molecule has 0 spiro atoms. The van der Waals surface area contributed by atoms with Crippen molar-refractivity contribution in [2.45, 2.75) is 45.7 Å². The molecule has 4 nitrogen and oxygen atoms in total. The van der Waals surface area contributed by atoms with Crippen molar-refractivity contribution >= 4 is 11.7 Å². The van der Waals surface area contributed by atoms with E-state index in [1.54, 1.807) is 0 Å². The number of ether oxygens (including phenoxy) is 1. The summed E-state index contributed by atoms with van der Waals surface area (Å²) in [6.07, 6.45) is 3.10. The van der Waals surface area contributed by atoms with Crippen LogP contribution in [0.5, 0.6) is 0 Å². The number of benzene rings is 1. The van der Waals surface area contributed by atoms with Crippen molar-refractivity contribution in [1.82, 2.24) is 5.32 Å². The van der Waals surface area contributed by atoms with Gasteiger partial charge in [-0.25, -0.2) is 0 Å². The van der Waals surface area contributed by atoms with Crippen LogP contribution in [0.4, 0.5) is 5.69 Å². The van der Waals surface area contributed by atoms with E-state index in [-0.39, 0.29) is 12.0 Å². The van der Waals surface area contributed by atoms with Crippen LogP contribution in [0.3, 0.4) is 0 Å². The highest BCUT2D eigenvalue weighted by Crippen LogP contribution is 2.26. The van der Waals surface area contributed by atoms with Crippen LogP contribution in [-0.2, 0) is 22.5 Å². The zero-order valence-corrected chi connectivity index (χ0v) is 13.2. The first-order valence-corrected chi connectivity index (χ1v) is 7.77. The molecule has 1 aliphatic heterocycles. The lowest BCUT2D eigenvalue weighted by Gasteiger charge is -2.23. The second-order valence-electron chi connectivity index (χ2n) is 6.07. The van der Waals surface area contributed by atoms with Crippen molar-refractivity contribution in [3.8, 4) is 0 Å². The number of rotatable bonds is 6. The van der Waals surface area contributed by atoms with E-state index in [1.807, 2.05) is 0 Å². The minimum atomic E-state index is -0.241. The van der Waals surface area contributed by atoms with Gasteiger partial charge in [-0.2, -0.15) is 0 Å². The fourth-order valence-electron chi connectivity index (χ4n) is 2.84. The number of carbonyl (C=O) groups is 1. The van der Waals surface area contributed by atoms with Gasteiger partial charge < -0.3 is 15.4 Å². The summed E-state index contributed by atoms with van der Waals surface area (Å²) in [5.41, 5.74) is 3.84. The Hall–Kier alpha value is -1.55. The minimum absolute atomic E-state index is 0.179. The monoisotopic (exact) mass is 290 g/mol. The second kappa shape index (κ2) is 7.46. The fourth-order valence-corrected chi connectivity index (χ4v) is 2.84. The van der Waals surface area contributed by atoms with Crippen LogP contribution in [0, 0.1) is 5.92 Å². The van der Waals surface area contributed by atoms with Gasteiger partial charge in [0.05, 0.1) is 7.11 Å². The van der Waals surface area contributed by atoms with E-state index < -0.39 is 0 Å². The van der Waals surface area contributed by atoms with Gasteiger partial charge in [0.2, 0.25) is 0 Å². The fraction of sp³-hybridized carbons (Fsp3) is 0.588. The van der Waals surface area contributed by atoms with E-state index in [9.17, 15) is 4.79 Å². The number of nitrogens with one attached hydrogen (secondary N) is 2. The molecule has 0 saturated heterocycles. The number of aryl methyl sites for hydroxylation is 1. The molecule has 2 N–H and O–H groups in total. The molecule has 4 heteroatoms. The molecule has 1 atom stereocenters. The lowest BCUT2D eigenvalue weighted by atomic mass is 9.98. The zero-order chi connectivity index (χ0) is 15.2. The van der Waals surface area contributed by atoms with E-state index in [4.69, 9.17) is 4.74 Å². The third kappa shape index (κ3) is 4.21. The van der Waals surface area contributed by atoms with E-state index >= 15 is 0 Å². The number of anilines is 1. The SMILES string of the molecule is COC(=O)C(CC(C)C)NCc1cccc2c1NCCC2. The summed E-state index contributed by atoms with van der Waals surface area (Å²) in [5, 5.41) is 6.84. The number of carbonyl (C=O) groups excluding carboxylic acids is 1. The Labute approximate surface area is 127 Å². The maximum Gasteiger partial charge on any atom is 0.322 e. The highest BCUT2D eigenvalue weighted by Gasteiger charge is 2.21. The maximum atomic E-state index is 11.9. The number of fused-ring (bicyclic) bond motifs is 1. The van der Waals surface area contributed by atoms with Gasteiger partial charge in [-0.05, 0) is 36.3 Å². The van der Waals surface area contributed by atoms with Gasteiger partial charge >= 0.3 is 5.97 Å². The predicted molar refractivity (Wildman–Crippen MR) is 85.4 cm³/mol. The molecule has 0 saturated carbocycles. The van der Waals surface area contributed by atoms with Crippen LogP contribution in [-0.4, -0.2) is 25.7 Å². The maximum absolute atomic E-state index is 11.9. The molecule has 1 heterocycles. The summed E-state index contributed by atoms with van der Waals surface area (Å²) in [4.78, 5) is 11.9. The van der Waals surface area contributed by atoms with Crippen molar-refractivity contribution in [1.29, 1.82) is 0 Å². The Morgan fingerprint density at radius 1 is 1.43 bits per heavy atom. The van der Waals surface area contributed by atoms with Crippen LogP contribution in [0.25, 0.3) is 0 Å². The molecule has 116 valence electrons. The zero-order valence-electron chi connectivity index (χ0n) is 13.2. The van der Waals surface area contributed by atoms with Crippen molar-refractivity contribution in [3.63, 3.8) is 0 Å². The largest absolute Gasteiger partial charge is 0.468 e. The summed E-state index contributed by atoms with van der Waals surface area (Å²) < 4.78 is 4.90. The molecule has 1 aromatic rings. The molecule has 1 unspecified atom stereocenters. The second-order valence-corrected chi connectivity index (χ2v) is 6.07. The lowest BCUT2D eigenvalue weighted by Crippen LogP contribution is -2.38. The average Bonchev–Trinajstić information content (AvgIpc) is 2.50. The van der Waals surface area contributed by atoms with Crippen LogP contribution < -0.4 is 10.6 Å². The van der Waals surface area contributed by atoms with Crippen molar-refractivity contribution in [2.24, 2.45) is 5.92 Å². The Morgan fingerprint density at radius 3 is 2.95 bits per heavy atom. The van der Waals surface area contributed by atoms with Gasteiger partial charge in [0.15, 0.2) is 0 Å². The molecule has 0 aliphatic carbocycles. The first-order valence-electron chi connectivity index (χ1n) is 7.77. The normalized spacial score (nSPS) is 15.2. The van der Waals surface area contributed by atoms with Crippen molar-refractivity contribution in [2.75, 3.05) is 19.0 Å². The first-order chi connectivity index (χ1) is 10.1. The van der Waals surface area contributed by atoms with E-state index in [1.165, 1.54) is 30.3 Å². The number of esters is 1. The van der Waals surface area contributed by atoms with Gasteiger partial charge in [0.1, 0.15) is 6.04 Å². The Kier molecular flexibility index (Phi) is 5.62. The van der Waals surface area contributed by atoms with Crippen LogP contribution in [0.2, 0.25) is 0 Å². The van der Waals surface area contributed by atoms with E-state index in [0.717, 1.165) is 19.4 Å². The standard InChI is InChI=1S/C17H26N2O2/c1-12(2)10-15(17(20)21-3)19-11-14-7-4-6-13-8-5-9-18-16(13)14/h4,6-7,12,15,18-19H,5,8-11H2,1-3H3. The molecule has 0 amide bonds. The molecular formula is C17H26N2O2. The Morgan fingerprint density at radius 2 is 2.24 bits per heavy atom. The smallest absolute Gasteiger partial charge is 0.322 e. The van der Waals surface area contributed by atoms with Crippen LogP contribution in [0.1, 0.15) is 37.8 Å². The summed E-state index contributed by atoms with van der Waals surface area (Å²) >= 11 is 0. The molecule has 1 aromatic carbocycles. The summed E-state index contributed by atoms with van der Waals surface area (Å²) in [6.45, 7) is 5.94. The quantitative estimate of drug-likeness (QED) is 0.791. The topological polar surface area (TPSA) is 50.4 Å². The van der Waals surface area contributed by atoms with Crippen molar-refractivity contribution in [3.05, 3.63) is 29.3 Å². The van der Waals surface area contributed by atoms with Crippen LogP contribution in [0.15, 0.2) is 18.2 Å². The number of para-hydroxylation sites is 1. The Balaban J connectivity index is 2.05. The molecule has 0 aromatic heterocycles. The number of methoxy groups -OCH3 is 1. The molecular weight excluding hydrogens is 264 g/mol. The van der Waals surface area contributed by atoms with Gasteiger partial charge in [-0.3, -0.25) is 4.79 Å². The molecule has 0 bridgehead atoms. The molecule has 2 rings (SSSR count). The molecule has 21 heavy (non-hydrogen) atoms. The Bertz CT molecular complexity index is 486. The molecule has 0 radical (unpaired) electrons. The average molecular weight is 290 g/mol. The summed E-state index contributed by atoms with van der Waals surface area (Å²) in [6, 6.07) is 6.15. The van der Waals surface area contributed by atoms with Gasteiger partial charge in [-0.1, -0.05) is 32.0 Å². The summed E-state index contributed by atoms with van der Waals surface area (Å²) in [5.74, 6) is 0.269.